The molecule has 0 aliphatic heterocycles. The van der Waals surface area contributed by atoms with Gasteiger partial charge in [0.1, 0.15) is 0 Å². The van der Waals surface area contributed by atoms with E-state index in [1.165, 1.54) is 32.9 Å². The molecule has 2 aromatic carbocycles. The quantitative estimate of drug-likeness (QED) is 0.515. The summed E-state index contributed by atoms with van der Waals surface area (Å²) in [6, 6.07) is 17.6. The molecule has 1 unspecified atom stereocenters. The van der Waals surface area contributed by atoms with E-state index < -0.39 is 0 Å². The predicted octanol–water partition coefficient (Wildman–Crippen LogP) is 5.19. The fraction of sp³-hybridized carbons (Fsp3) is 0.158. The van der Waals surface area contributed by atoms with Gasteiger partial charge in [-0.15, -0.1) is 0 Å². The second-order valence-electron chi connectivity index (χ2n) is 5.57. The van der Waals surface area contributed by atoms with Gasteiger partial charge in [0.05, 0.1) is 0 Å². The van der Waals surface area contributed by atoms with Gasteiger partial charge in [0.25, 0.3) is 0 Å². The Hall–Kier alpha value is -2.48. The lowest BCUT2D eigenvalue weighted by Gasteiger charge is -2.17. The van der Waals surface area contributed by atoms with Crippen molar-refractivity contribution >= 4 is 21.8 Å². The second-order valence-corrected chi connectivity index (χ2v) is 5.57. The molecule has 0 spiro atoms. The van der Waals surface area contributed by atoms with Crippen LogP contribution >= 0.6 is 0 Å². The molecule has 0 aliphatic carbocycles. The van der Waals surface area contributed by atoms with E-state index in [1.807, 2.05) is 12.4 Å². The average molecular weight is 274 g/mol. The number of rotatable bonds is 3. The van der Waals surface area contributed by atoms with Crippen molar-refractivity contribution in [2.24, 2.45) is 0 Å². The third-order valence-electron chi connectivity index (χ3n) is 4.38. The first-order chi connectivity index (χ1) is 10.4. The van der Waals surface area contributed by atoms with Crippen LogP contribution in [0.4, 0.5) is 0 Å². The van der Waals surface area contributed by atoms with E-state index in [9.17, 15) is 0 Å². The molecule has 0 saturated heterocycles. The molecule has 2 aromatic heterocycles. The Labute approximate surface area is 123 Å². The van der Waals surface area contributed by atoms with Crippen LogP contribution in [0.1, 0.15) is 30.4 Å². The van der Waals surface area contributed by atoms with Gasteiger partial charge in [-0.05, 0) is 52.6 Å². The molecule has 0 amide bonds. The van der Waals surface area contributed by atoms with Crippen LogP contribution in [0.15, 0.2) is 60.9 Å². The van der Waals surface area contributed by atoms with E-state index in [2.05, 4.69) is 65.4 Å². The highest BCUT2D eigenvalue weighted by Crippen LogP contribution is 2.33. The lowest BCUT2D eigenvalue weighted by Crippen LogP contribution is -2.00. The molecule has 4 aromatic rings. The van der Waals surface area contributed by atoms with E-state index in [1.54, 1.807) is 0 Å². The molecule has 0 bridgehead atoms. The standard InChI is InChI=1S/C19H18N2/c1-2-16(14-6-7-18-15(12-14)9-10-20-18)17-5-3-4-13-8-11-21-19(13)17/h3-12,16,20-21H,2H2,1H3. The third kappa shape index (κ3) is 1.95. The zero-order valence-electron chi connectivity index (χ0n) is 12.1. The number of hydrogen-bond donors (Lipinski definition) is 2. The lowest BCUT2D eigenvalue weighted by atomic mass is 9.87. The predicted molar refractivity (Wildman–Crippen MR) is 88.7 cm³/mol. The van der Waals surface area contributed by atoms with Gasteiger partial charge in [-0.3, -0.25) is 0 Å². The molecular weight excluding hydrogens is 256 g/mol. The number of benzene rings is 2. The van der Waals surface area contributed by atoms with Gasteiger partial charge in [0.2, 0.25) is 0 Å². The van der Waals surface area contributed by atoms with Crippen LogP contribution in [-0.2, 0) is 0 Å². The van der Waals surface area contributed by atoms with E-state index in [0.29, 0.717) is 5.92 Å². The Morgan fingerprint density at radius 3 is 2.67 bits per heavy atom. The molecule has 2 nitrogen and oxygen atoms in total. The van der Waals surface area contributed by atoms with Crippen LogP contribution in [0.2, 0.25) is 0 Å². The van der Waals surface area contributed by atoms with E-state index in [0.717, 1.165) is 6.42 Å². The zero-order chi connectivity index (χ0) is 14.2. The highest BCUT2D eigenvalue weighted by Gasteiger charge is 2.16. The summed E-state index contributed by atoms with van der Waals surface area (Å²) in [5.41, 5.74) is 5.23. The van der Waals surface area contributed by atoms with Gasteiger partial charge < -0.3 is 9.97 Å². The zero-order valence-corrected chi connectivity index (χ0v) is 12.1. The maximum absolute atomic E-state index is 3.40. The minimum Gasteiger partial charge on any atom is -0.361 e. The first-order valence-electron chi connectivity index (χ1n) is 7.50. The number of aromatic amines is 2. The molecule has 104 valence electrons. The summed E-state index contributed by atoms with van der Waals surface area (Å²) < 4.78 is 0. The molecule has 2 N–H and O–H groups in total. The van der Waals surface area contributed by atoms with Gasteiger partial charge in [0, 0.05) is 29.3 Å². The summed E-state index contributed by atoms with van der Waals surface area (Å²) in [4.78, 5) is 6.66. The number of aromatic nitrogens is 2. The van der Waals surface area contributed by atoms with Crippen molar-refractivity contribution in [3.63, 3.8) is 0 Å². The number of para-hydroxylation sites is 1. The third-order valence-corrected chi connectivity index (χ3v) is 4.38. The fourth-order valence-electron chi connectivity index (χ4n) is 3.32. The molecule has 0 saturated carbocycles. The fourth-order valence-corrected chi connectivity index (χ4v) is 3.32. The summed E-state index contributed by atoms with van der Waals surface area (Å²) in [5.74, 6) is 0.423. The van der Waals surface area contributed by atoms with Crippen LogP contribution < -0.4 is 0 Å². The Morgan fingerprint density at radius 2 is 1.76 bits per heavy atom. The summed E-state index contributed by atoms with van der Waals surface area (Å²) in [6.45, 7) is 2.26. The van der Waals surface area contributed by atoms with Crippen molar-refractivity contribution in [2.75, 3.05) is 0 Å². The SMILES string of the molecule is CCC(c1ccc2[nH]ccc2c1)c1cccc2cc[nH]c12. The van der Waals surface area contributed by atoms with Crippen molar-refractivity contribution in [1.82, 2.24) is 9.97 Å². The van der Waals surface area contributed by atoms with Crippen LogP contribution in [0.25, 0.3) is 21.8 Å². The number of fused-ring (bicyclic) bond motifs is 2. The van der Waals surface area contributed by atoms with Crippen LogP contribution in [0.5, 0.6) is 0 Å². The van der Waals surface area contributed by atoms with E-state index in [4.69, 9.17) is 0 Å². The number of nitrogens with one attached hydrogen (secondary N) is 2. The molecule has 0 fully saturated rings. The van der Waals surface area contributed by atoms with Gasteiger partial charge >= 0.3 is 0 Å². The minimum absolute atomic E-state index is 0.423. The monoisotopic (exact) mass is 274 g/mol. The largest absolute Gasteiger partial charge is 0.361 e. The van der Waals surface area contributed by atoms with Crippen LogP contribution in [0, 0.1) is 0 Å². The van der Waals surface area contributed by atoms with Gasteiger partial charge in [-0.2, -0.15) is 0 Å². The van der Waals surface area contributed by atoms with Crippen LogP contribution in [0.3, 0.4) is 0 Å². The molecule has 0 aliphatic rings. The Bertz CT molecular complexity index is 898. The summed E-state index contributed by atoms with van der Waals surface area (Å²) in [7, 11) is 0. The van der Waals surface area contributed by atoms with Gasteiger partial charge in [-0.25, -0.2) is 0 Å². The first-order valence-corrected chi connectivity index (χ1v) is 7.50. The highest BCUT2D eigenvalue weighted by atomic mass is 14.7. The number of H-pyrrole nitrogens is 2. The Balaban J connectivity index is 1.88. The topological polar surface area (TPSA) is 31.6 Å². The second kappa shape index (κ2) is 4.81. The van der Waals surface area contributed by atoms with Crippen molar-refractivity contribution < 1.29 is 0 Å². The molecule has 21 heavy (non-hydrogen) atoms. The van der Waals surface area contributed by atoms with E-state index in [-0.39, 0.29) is 0 Å². The molecule has 0 radical (unpaired) electrons. The van der Waals surface area contributed by atoms with Gasteiger partial charge in [0.15, 0.2) is 0 Å². The summed E-state index contributed by atoms with van der Waals surface area (Å²) >= 11 is 0. The number of hydrogen-bond acceptors (Lipinski definition) is 0. The van der Waals surface area contributed by atoms with Crippen molar-refractivity contribution in [3.8, 4) is 0 Å². The normalized spacial score (nSPS) is 13.0. The van der Waals surface area contributed by atoms with Crippen molar-refractivity contribution in [2.45, 2.75) is 19.3 Å². The molecule has 2 heterocycles. The molecule has 2 heteroatoms. The van der Waals surface area contributed by atoms with E-state index >= 15 is 0 Å². The highest BCUT2D eigenvalue weighted by molar-refractivity contribution is 5.84. The lowest BCUT2D eigenvalue weighted by molar-refractivity contribution is 0.783. The van der Waals surface area contributed by atoms with Crippen molar-refractivity contribution in [1.29, 1.82) is 0 Å². The maximum atomic E-state index is 3.40. The van der Waals surface area contributed by atoms with Gasteiger partial charge in [-0.1, -0.05) is 31.2 Å². The molecular formula is C19H18N2. The van der Waals surface area contributed by atoms with Crippen molar-refractivity contribution in [3.05, 3.63) is 72.1 Å². The smallest absolute Gasteiger partial charge is 0.0492 e. The molecule has 1 atom stereocenters. The summed E-state index contributed by atoms with van der Waals surface area (Å²) in [6.07, 6.45) is 5.12. The summed E-state index contributed by atoms with van der Waals surface area (Å²) in [5, 5.41) is 2.57. The maximum Gasteiger partial charge on any atom is 0.0492 e. The van der Waals surface area contributed by atoms with Crippen LogP contribution in [-0.4, -0.2) is 9.97 Å². The Morgan fingerprint density at radius 1 is 0.905 bits per heavy atom. The Kier molecular flexibility index (Phi) is 2.81. The first kappa shape index (κ1) is 12.3. The average Bonchev–Trinajstić information content (AvgIpc) is 3.16. The molecule has 4 rings (SSSR count). The minimum atomic E-state index is 0.423.